The number of imidazole rings is 1. The van der Waals surface area contributed by atoms with Gasteiger partial charge in [0.25, 0.3) is 0 Å². The van der Waals surface area contributed by atoms with Crippen LogP contribution in [0.3, 0.4) is 0 Å². The van der Waals surface area contributed by atoms with E-state index in [-0.39, 0.29) is 0 Å². The maximum Gasteiger partial charge on any atom is 0.106 e. The average Bonchev–Trinajstić information content (AvgIpc) is 2.74. The number of hydrogen-bond acceptors (Lipinski definition) is 2. The molecular formula is C16H21N3. The van der Waals surface area contributed by atoms with Crippen molar-refractivity contribution in [3.8, 4) is 11.3 Å². The summed E-state index contributed by atoms with van der Waals surface area (Å²) in [6, 6.07) is 6.84. The Kier molecular flexibility index (Phi) is 3.15. The number of benzene rings is 1. The van der Waals surface area contributed by atoms with E-state index in [4.69, 9.17) is 5.73 Å². The van der Waals surface area contributed by atoms with Gasteiger partial charge in [-0.1, -0.05) is 12.1 Å². The van der Waals surface area contributed by atoms with Crippen LogP contribution in [0.5, 0.6) is 0 Å². The monoisotopic (exact) mass is 255 g/mol. The fourth-order valence-electron chi connectivity index (χ4n) is 3.06. The van der Waals surface area contributed by atoms with Crippen molar-refractivity contribution in [2.45, 2.75) is 39.2 Å². The average molecular weight is 255 g/mol. The Hall–Kier alpha value is -1.61. The second-order valence-corrected chi connectivity index (χ2v) is 5.41. The van der Waals surface area contributed by atoms with Gasteiger partial charge in [-0.25, -0.2) is 4.98 Å². The number of hydrogen-bond donors (Lipinski definition) is 1. The van der Waals surface area contributed by atoms with Gasteiger partial charge in [0, 0.05) is 19.2 Å². The van der Waals surface area contributed by atoms with Gasteiger partial charge in [-0.15, -0.1) is 0 Å². The second-order valence-electron chi connectivity index (χ2n) is 5.41. The highest BCUT2D eigenvalue weighted by atomic mass is 15.1. The minimum atomic E-state index is 0.494. The van der Waals surface area contributed by atoms with Crippen LogP contribution in [0.25, 0.3) is 11.3 Å². The number of aryl methyl sites for hydroxylation is 3. The molecule has 0 saturated carbocycles. The van der Waals surface area contributed by atoms with Gasteiger partial charge in [-0.3, -0.25) is 0 Å². The first-order valence-corrected chi connectivity index (χ1v) is 7.05. The fourth-order valence-corrected chi connectivity index (χ4v) is 3.06. The van der Waals surface area contributed by atoms with Crippen molar-refractivity contribution < 1.29 is 0 Å². The summed E-state index contributed by atoms with van der Waals surface area (Å²) in [5.41, 5.74) is 12.3. The molecule has 3 rings (SSSR count). The zero-order valence-corrected chi connectivity index (χ0v) is 11.7. The fraction of sp³-hybridized carbons (Fsp3) is 0.438. The third kappa shape index (κ3) is 2.08. The first-order chi connectivity index (χ1) is 9.20. The lowest BCUT2D eigenvalue weighted by atomic mass is 9.89. The maximum absolute atomic E-state index is 5.83. The predicted octanol–water partition coefficient (Wildman–Crippen LogP) is 2.73. The molecule has 0 radical (unpaired) electrons. The summed E-state index contributed by atoms with van der Waals surface area (Å²) in [5, 5.41) is 0. The molecule has 19 heavy (non-hydrogen) atoms. The Balaban J connectivity index is 2.12. The van der Waals surface area contributed by atoms with E-state index in [2.05, 4.69) is 34.8 Å². The lowest BCUT2D eigenvalue weighted by Crippen LogP contribution is -2.04. The highest BCUT2D eigenvalue weighted by Gasteiger charge is 2.15. The highest BCUT2D eigenvalue weighted by Crippen LogP contribution is 2.29. The Morgan fingerprint density at radius 3 is 2.68 bits per heavy atom. The number of rotatable bonds is 2. The molecule has 1 heterocycles. The smallest absolute Gasteiger partial charge is 0.106 e. The Labute approximate surface area is 114 Å². The third-order valence-electron chi connectivity index (χ3n) is 4.21. The summed E-state index contributed by atoms with van der Waals surface area (Å²) in [5.74, 6) is 1.02. The molecule has 0 unspecified atom stereocenters. The van der Waals surface area contributed by atoms with E-state index in [1.165, 1.54) is 48.1 Å². The zero-order chi connectivity index (χ0) is 13.4. The van der Waals surface area contributed by atoms with E-state index in [0.717, 1.165) is 11.5 Å². The summed E-state index contributed by atoms with van der Waals surface area (Å²) < 4.78 is 2.15. The molecule has 0 spiro atoms. The third-order valence-corrected chi connectivity index (χ3v) is 4.21. The molecule has 0 saturated heterocycles. The molecule has 1 aliphatic carbocycles. The molecule has 1 aromatic carbocycles. The van der Waals surface area contributed by atoms with Crippen LogP contribution < -0.4 is 5.73 Å². The quantitative estimate of drug-likeness (QED) is 0.896. The minimum Gasteiger partial charge on any atom is -0.331 e. The van der Waals surface area contributed by atoms with Gasteiger partial charge < -0.3 is 10.3 Å². The Bertz CT molecular complexity index is 611. The standard InChI is InChI=1S/C16H21N3/c1-11-18-15(10-17)16(19(11)2)14-8-7-12-5-3-4-6-13(12)9-14/h7-9H,3-6,10,17H2,1-2H3. The summed E-state index contributed by atoms with van der Waals surface area (Å²) in [6.07, 6.45) is 5.07. The number of nitrogens with two attached hydrogens (primary N) is 1. The van der Waals surface area contributed by atoms with Crippen LogP contribution in [-0.4, -0.2) is 9.55 Å². The molecule has 0 atom stereocenters. The molecule has 0 bridgehead atoms. The predicted molar refractivity (Wildman–Crippen MR) is 77.9 cm³/mol. The van der Waals surface area contributed by atoms with Crippen molar-refractivity contribution in [3.05, 3.63) is 40.8 Å². The van der Waals surface area contributed by atoms with Gasteiger partial charge in [-0.05, 0) is 49.8 Å². The number of fused-ring (bicyclic) bond motifs is 1. The highest BCUT2D eigenvalue weighted by molar-refractivity contribution is 5.65. The lowest BCUT2D eigenvalue weighted by molar-refractivity contribution is 0.685. The molecule has 3 heteroatoms. The largest absolute Gasteiger partial charge is 0.331 e. The number of aromatic nitrogens is 2. The van der Waals surface area contributed by atoms with E-state index in [1.54, 1.807) is 0 Å². The molecule has 0 aliphatic heterocycles. The van der Waals surface area contributed by atoms with E-state index in [0.29, 0.717) is 6.54 Å². The second kappa shape index (κ2) is 4.82. The summed E-state index contributed by atoms with van der Waals surface area (Å²) in [4.78, 5) is 4.56. The first-order valence-electron chi connectivity index (χ1n) is 7.05. The van der Waals surface area contributed by atoms with E-state index in [1.807, 2.05) is 6.92 Å². The minimum absolute atomic E-state index is 0.494. The van der Waals surface area contributed by atoms with Crippen LogP contribution >= 0.6 is 0 Å². The van der Waals surface area contributed by atoms with Crippen molar-refractivity contribution in [1.82, 2.24) is 9.55 Å². The van der Waals surface area contributed by atoms with Gasteiger partial charge in [0.15, 0.2) is 0 Å². The summed E-state index contributed by atoms with van der Waals surface area (Å²) in [6.45, 7) is 2.52. The van der Waals surface area contributed by atoms with Crippen molar-refractivity contribution in [3.63, 3.8) is 0 Å². The molecule has 0 amide bonds. The Morgan fingerprint density at radius 2 is 1.95 bits per heavy atom. The van der Waals surface area contributed by atoms with Crippen LogP contribution in [-0.2, 0) is 26.4 Å². The van der Waals surface area contributed by atoms with E-state index in [9.17, 15) is 0 Å². The van der Waals surface area contributed by atoms with Gasteiger partial charge in [0.1, 0.15) is 5.82 Å². The van der Waals surface area contributed by atoms with Crippen molar-refractivity contribution >= 4 is 0 Å². The summed E-state index contributed by atoms with van der Waals surface area (Å²) >= 11 is 0. The van der Waals surface area contributed by atoms with Crippen LogP contribution in [0, 0.1) is 6.92 Å². The summed E-state index contributed by atoms with van der Waals surface area (Å²) in [7, 11) is 2.07. The van der Waals surface area contributed by atoms with Crippen LogP contribution in [0.4, 0.5) is 0 Å². The van der Waals surface area contributed by atoms with Gasteiger partial charge in [0.05, 0.1) is 11.4 Å². The normalized spacial score (nSPS) is 14.5. The van der Waals surface area contributed by atoms with Crippen LogP contribution in [0.15, 0.2) is 18.2 Å². The van der Waals surface area contributed by atoms with Gasteiger partial charge in [0.2, 0.25) is 0 Å². The van der Waals surface area contributed by atoms with Crippen LogP contribution in [0.2, 0.25) is 0 Å². The molecule has 3 nitrogen and oxygen atoms in total. The van der Waals surface area contributed by atoms with E-state index >= 15 is 0 Å². The lowest BCUT2D eigenvalue weighted by Gasteiger charge is -2.17. The molecule has 1 aromatic heterocycles. The van der Waals surface area contributed by atoms with Crippen LogP contribution in [0.1, 0.15) is 35.5 Å². The Morgan fingerprint density at radius 1 is 1.21 bits per heavy atom. The van der Waals surface area contributed by atoms with E-state index < -0.39 is 0 Å². The van der Waals surface area contributed by atoms with Gasteiger partial charge in [-0.2, -0.15) is 0 Å². The van der Waals surface area contributed by atoms with Crippen molar-refractivity contribution in [1.29, 1.82) is 0 Å². The number of nitrogens with zero attached hydrogens (tertiary/aromatic N) is 2. The SMILES string of the molecule is Cc1nc(CN)c(-c2ccc3c(c2)CCCC3)n1C. The molecule has 2 N–H and O–H groups in total. The molecule has 0 fully saturated rings. The molecular weight excluding hydrogens is 234 g/mol. The zero-order valence-electron chi connectivity index (χ0n) is 11.7. The molecule has 100 valence electrons. The topological polar surface area (TPSA) is 43.8 Å². The van der Waals surface area contributed by atoms with Crippen molar-refractivity contribution in [2.24, 2.45) is 12.8 Å². The van der Waals surface area contributed by atoms with Gasteiger partial charge >= 0.3 is 0 Å². The molecule has 1 aliphatic rings. The van der Waals surface area contributed by atoms with Crippen molar-refractivity contribution in [2.75, 3.05) is 0 Å². The molecule has 2 aromatic rings. The maximum atomic E-state index is 5.83. The first kappa shape index (κ1) is 12.4.